The first-order valence-corrected chi connectivity index (χ1v) is 6.23. The summed E-state index contributed by atoms with van der Waals surface area (Å²) in [4.78, 5) is 13.1. The second-order valence-electron chi connectivity index (χ2n) is 4.07. The lowest BCUT2D eigenvalue weighted by atomic mass is 10.1. The molecule has 2 aromatic heterocycles. The van der Waals surface area contributed by atoms with Crippen LogP contribution in [0.15, 0.2) is 6.33 Å². The summed E-state index contributed by atoms with van der Waals surface area (Å²) in [6, 6.07) is 0. The van der Waals surface area contributed by atoms with Gasteiger partial charge < -0.3 is 5.32 Å². The predicted octanol–water partition coefficient (Wildman–Crippen LogP) is 1.95. The van der Waals surface area contributed by atoms with Crippen molar-refractivity contribution in [3.8, 4) is 11.6 Å². The highest BCUT2D eigenvalue weighted by Crippen LogP contribution is 2.20. The maximum absolute atomic E-state index is 4.53. The number of hydrogen-bond donors (Lipinski definition) is 2. The molecule has 0 amide bonds. The molecule has 6 heteroatoms. The number of anilines is 1. The third kappa shape index (κ3) is 2.47. The summed E-state index contributed by atoms with van der Waals surface area (Å²) in [5, 5.41) is 9.96. The average molecular weight is 246 g/mol. The number of nitrogens with one attached hydrogen (secondary N) is 2. The van der Waals surface area contributed by atoms with Crippen LogP contribution in [0.2, 0.25) is 0 Å². The zero-order valence-corrected chi connectivity index (χ0v) is 11.0. The van der Waals surface area contributed by atoms with Crippen molar-refractivity contribution in [2.24, 2.45) is 0 Å². The Kier molecular flexibility index (Phi) is 3.86. The van der Waals surface area contributed by atoms with Crippen LogP contribution in [-0.2, 0) is 6.42 Å². The van der Waals surface area contributed by atoms with Crippen LogP contribution in [0.25, 0.3) is 11.6 Å². The van der Waals surface area contributed by atoms with Gasteiger partial charge in [-0.1, -0.05) is 13.8 Å². The van der Waals surface area contributed by atoms with E-state index >= 15 is 0 Å². The van der Waals surface area contributed by atoms with Gasteiger partial charge in [-0.25, -0.2) is 15.0 Å². The summed E-state index contributed by atoms with van der Waals surface area (Å²) >= 11 is 0. The molecule has 0 fully saturated rings. The van der Waals surface area contributed by atoms with Crippen LogP contribution >= 0.6 is 0 Å². The smallest absolute Gasteiger partial charge is 0.199 e. The molecule has 0 atom stereocenters. The number of aromatic nitrogens is 5. The SMILES string of the molecule is CCCNc1nc(-c2ncn[nH]2)nc(C)c1CC. The quantitative estimate of drug-likeness (QED) is 0.843. The van der Waals surface area contributed by atoms with Crippen LogP contribution in [0.3, 0.4) is 0 Å². The van der Waals surface area contributed by atoms with E-state index in [2.05, 4.69) is 44.3 Å². The van der Waals surface area contributed by atoms with Crippen LogP contribution in [0.1, 0.15) is 31.5 Å². The van der Waals surface area contributed by atoms with Crippen LogP contribution in [0, 0.1) is 6.92 Å². The summed E-state index contributed by atoms with van der Waals surface area (Å²) in [5.74, 6) is 2.08. The Hall–Kier alpha value is -1.98. The van der Waals surface area contributed by atoms with Crippen molar-refractivity contribution in [2.45, 2.75) is 33.6 Å². The Morgan fingerprint density at radius 1 is 1.28 bits per heavy atom. The Labute approximate surface area is 106 Å². The number of hydrogen-bond acceptors (Lipinski definition) is 5. The predicted molar refractivity (Wildman–Crippen MR) is 70.3 cm³/mol. The molecule has 2 N–H and O–H groups in total. The van der Waals surface area contributed by atoms with Gasteiger partial charge in [0.25, 0.3) is 0 Å². The topological polar surface area (TPSA) is 79.4 Å². The van der Waals surface area contributed by atoms with Gasteiger partial charge in [-0.05, 0) is 19.8 Å². The number of aryl methyl sites for hydroxylation is 1. The van der Waals surface area contributed by atoms with Crippen LogP contribution < -0.4 is 5.32 Å². The minimum atomic E-state index is 0.584. The van der Waals surface area contributed by atoms with Gasteiger partial charge in [-0.15, -0.1) is 0 Å². The van der Waals surface area contributed by atoms with E-state index < -0.39 is 0 Å². The summed E-state index contributed by atoms with van der Waals surface area (Å²) < 4.78 is 0. The van der Waals surface area contributed by atoms with Gasteiger partial charge in [0.1, 0.15) is 12.1 Å². The van der Waals surface area contributed by atoms with Crippen molar-refractivity contribution >= 4 is 5.82 Å². The Morgan fingerprint density at radius 2 is 2.11 bits per heavy atom. The second-order valence-corrected chi connectivity index (χ2v) is 4.07. The number of aromatic amines is 1. The van der Waals surface area contributed by atoms with Gasteiger partial charge in [0.2, 0.25) is 0 Å². The third-order valence-electron chi connectivity index (χ3n) is 2.74. The van der Waals surface area contributed by atoms with E-state index in [1.807, 2.05) is 6.92 Å². The van der Waals surface area contributed by atoms with Crippen molar-refractivity contribution in [2.75, 3.05) is 11.9 Å². The molecule has 96 valence electrons. The Morgan fingerprint density at radius 3 is 2.72 bits per heavy atom. The lowest BCUT2D eigenvalue weighted by molar-refractivity contribution is 0.933. The van der Waals surface area contributed by atoms with E-state index in [-0.39, 0.29) is 0 Å². The summed E-state index contributed by atoms with van der Waals surface area (Å²) in [6.45, 7) is 7.14. The normalized spacial score (nSPS) is 10.6. The molecule has 6 nitrogen and oxygen atoms in total. The zero-order chi connectivity index (χ0) is 13.0. The highest BCUT2D eigenvalue weighted by atomic mass is 15.2. The van der Waals surface area contributed by atoms with E-state index in [9.17, 15) is 0 Å². The van der Waals surface area contributed by atoms with Crippen molar-refractivity contribution < 1.29 is 0 Å². The largest absolute Gasteiger partial charge is 0.370 e. The van der Waals surface area contributed by atoms with E-state index in [1.165, 1.54) is 6.33 Å². The summed E-state index contributed by atoms with van der Waals surface area (Å²) in [6.07, 6.45) is 3.43. The molecule has 0 saturated heterocycles. The Balaban J connectivity index is 2.42. The van der Waals surface area contributed by atoms with Crippen LogP contribution in [0.5, 0.6) is 0 Å². The van der Waals surface area contributed by atoms with Gasteiger partial charge in [-0.3, -0.25) is 5.10 Å². The third-order valence-corrected chi connectivity index (χ3v) is 2.74. The maximum atomic E-state index is 4.53. The first-order valence-electron chi connectivity index (χ1n) is 6.23. The van der Waals surface area contributed by atoms with Crippen LogP contribution in [-0.4, -0.2) is 31.7 Å². The first-order chi connectivity index (χ1) is 8.76. The molecular formula is C12H18N6. The lowest BCUT2D eigenvalue weighted by Crippen LogP contribution is -2.09. The molecule has 2 aromatic rings. The Bertz CT molecular complexity index is 506. The molecule has 2 heterocycles. The first kappa shape index (κ1) is 12.5. The van der Waals surface area contributed by atoms with Crippen molar-refractivity contribution in [1.82, 2.24) is 25.1 Å². The fraction of sp³-hybridized carbons (Fsp3) is 0.500. The molecule has 0 aromatic carbocycles. The molecule has 0 aliphatic heterocycles. The average Bonchev–Trinajstić information content (AvgIpc) is 2.89. The number of nitrogens with zero attached hydrogens (tertiary/aromatic N) is 4. The molecule has 0 aliphatic carbocycles. The van der Waals surface area contributed by atoms with Gasteiger partial charge in [0.05, 0.1) is 0 Å². The molecule has 0 spiro atoms. The molecule has 18 heavy (non-hydrogen) atoms. The van der Waals surface area contributed by atoms with Crippen molar-refractivity contribution in [3.05, 3.63) is 17.6 Å². The van der Waals surface area contributed by atoms with Crippen molar-refractivity contribution in [3.63, 3.8) is 0 Å². The van der Waals surface area contributed by atoms with Gasteiger partial charge in [-0.2, -0.15) is 5.10 Å². The number of rotatable bonds is 5. The van der Waals surface area contributed by atoms with Crippen molar-refractivity contribution in [1.29, 1.82) is 0 Å². The number of H-pyrrole nitrogens is 1. The molecule has 0 saturated carbocycles. The van der Waals surface area contributed by atoms with Gasteiger partial charge in [0, 0.05) is 17.8 Å². The van der Waals surface area contributed by atoms with E-state index in [0.717, 1.165) is 36.5 Å². The highest BCUT2D eigenvalue weighted by molar-refractivity contribution is 5.53. The van der Waals surface area contributed by atoms with Gasteiger partial charge >= 0.3 is 0 Å². The molecule has 2 rings (SSSR count). The minimum Gasteiger partial charge on any atom is -0.370 e. The fourth-order valence-corrected chi connectivity index (χ4v) is 1.83. The highest BCUT2D eigenvalue weighted by Gasteiger charge is 2.12. The fourth-order valence-electron chi connectivity index (χ4n) is 1.83. The van der Waals surface area contributed by atoms with Crippen LogP contribution in [0.4, 0.5) is 5.82 Å². The molecule has 0 radical (unpaired) electrons. The molecule has 0 bridgehead atoms. The minimum absolute atomic E-state index is 0.584. The summed E-state index contributed by atoms with van der Waals surface area (Å²) in [5.41, 5.74) is 2.14. The molecule has 0 unspecified atom stereocenters. The van der Waals surface area contributed by atoms with Gasteiger partial charge in [0.15, 0.2) is 11.6 Å². The monoisotopic (exact) mass is 246 g/mol. The summed E-state index contributed by atoms with van der Waals surface area (Å²) in [7, 11) is 0. The lowest BCUT2D eigenvalue weighted by Gasteiger charge is -2.12. The second kappa shape index (κ2) is 5.57. The maximum Gasteiger partial charge on any atom is 0.199 e. The zero-order valence-electron chi connectivity index (χ0n) is 11.0. The molecule has 0 aliphatic rings. The standard InChI is InChI=1S/C12H18N6/c1-4-6-13-10-9(5-2)8(3)16-12(17-10)11-14-7-15-18-11/h7H,4-6H2,1-3H3,(H,13,16,17)(H,14,15,18). The van der Waals surface area contributed by atoms with E-state index in [0.29, 0.717) is 11.6 Å². The van der Waals surface area contributed by atoms with E-state index in [4.69, 9.17) is 0 Å². The molecular weight excluding hydrogens is 228 g/mol. The van der Waals surface area contributed by atoms with E-state index in [1.54, 1.807) is 0 Å².